The predicted octanol–water partition coefficient (Wildman–Crippen LogP) is 4.51. The van der Waals surface area contributed by atoms with Crippen molar-refractivity contribution in [2.45, 2.75) is 71.7 Å². The molecule has 1 aliphatic rings. The second-order valence-corrected chi connectivity index (χ2v) is 10.2. The second-order valence-electron chi connectivity index (χ2n) is 10.2. The number of nitrogens with zero attached hydrogens (tertiary/aromatic N) is 5. The zero-order valence-corrected chi connectivity index (χ0v) is 22.0. The number of hydrogen-bond acceptors (Lipinski definition) is 6. The molecule has 1 saturated heterocycles. The number of fused-ring (bicyclic) bond motifs is 1. The van der Waals surface area contributed by atoms with Gasteiger partial charge in [0.1, 0.15) is 0 Å². The monoisotopic (exact) mass is 500 g/mol. The van der Waals surface area contributed by atoms with E-state index in [1.54, 1.807) is 0 Å². The van der Waals surface area contributed by atoms with E-state index < -0.39 is 0 Å². The number of aryl methyl sites for hydroxylation is 2. The van der Waals surface area contributed by atoms with Crippen LogP contribution in [0.3, 0.4) is 0 Å². The normalized spacial score (nSPS) is 16.6. The lowest BCUT2D eigenvalue weighted by Gasteiger charge is -2.30. The van der Waals surface area contributed by atoms with Gasteiger partial charge in [-0.3, -0.25) is 9.69 Å². The van der Waals surface area contributed by atoms with E-state index in [0.29, 0.717) is 13.1 Å². The molecule has 2 aromatic carbocycles. The highest BCUT2D eigenvalue weighted by Crippen LogP contribution is 2.26. The van der Waals surface area contributed by atoms with Crippen LogP contribution in [0, 0.1) is 13.8 Å². The van der Waals surface area contributed by atoms with Gasteiger partial charge in [0, 0.05) is 25.3 Å². The fraction of sp³-hybridized carbons (Fsp3) is 0.448. The number of hydrogen-bond donors (Lipinski definition) is 1. The SMILES string of the molecule is CC[C@@H](c1nnnn1C[C@@H]1CCCO1)N(CCc1ccccc1)Cc1cc2cc(C)cc(C)c2[nH]c1=O. The highest BCUT2D eigenvalue weighted by molar-refractivity contribution is 5.82. The van der Waals surface area contributed by atoms with Gasteiger partial charge in [-0.05, 0) is 78.6 Å². The number of nitrogens with one attached hydrogen (secondary N) is 1. The van der Waals surface area contributed by atoms with E-state index in [1.807, 2.05) is 23.7 Å². The van der Waals surface area contributed by atoms with Gasteiger partial charge in [-0.15, -0.1) is 5.10 Å². The zero-order valence-electron chi connectivity index (χ0n) is 22.0. The molecule has 0 spiro atoms. The molecule has 0 amide bonds. The first kappa shape index (κ1) is 25.3. The number of aromatic nitrogens is 5. The quantitative estimate of drug-likeness (QED) is 0.345. The molecule has 0 bridgehead atoms. The minimum atomic E-state index is -0.0436. The van der Waals surface area contributed by atoms with Crippen LogP contribution in [0.25, 0.3) is 10.9 Å². The Labute approximate surface area is 217 Å². The molecule has 3 heterocycles. The molecule has 2 aromatic heterocycles. The van der Waals surface area contributed by atoms with Crippen LogP contribution in [0.2, 0.25) is 0 Å². The number of H-pyrrole nitrogens is 1. The van der Waals surface area contributed by atoms with Crippen LogP contribution >= 0.6 is 0 Å². The molecular weight excluding hydrogens is 464 g/mol. The fourth-order valence-corrected chi connectivity index (χ4v) is 5.50. The highest BCUT2D eigenvalue weighted by atomic mass is 16.5. The van der Waals surface area contributed by atoms with Crippen molar-refractivity contribution < 1.29 is 4.74 Å². The average Bonchev–Trinajstić information content (AvgIpc) is 3.57. The van der Waals surface area contributed by atoms with Crippen molar-refractivity contribution in [1.82, 2.24) is 30.1 Å². The molecular formula is C29H36N6O2. The minimum Gasteiger partial charge on any atom is -0.376 e. The Bertz CT molecular complexity index is 1390. The van der Waals surface area contributed by atoms with Gasteiger partial charge in [-0.2, -0.15) is 0 Å². The third kappa shape index (κ3) is 5.81. The van der Waals surface area contributed by atoms with Crippen LogP contribution in [-0.2, 0) is 24.2 Å². The molecule has 8 heteroatoms. The Balaban J connectivity index is 1.47. The van der Waals surface area contributed by atoms with E-state index in [9.17, 15) is 4.79 Å². The number of aromatic amines is 1. The van der Waals surface area contributed by atoms with Crippen molar-refractivity contribution in [2.24, 2.45) is 0 Å². The number of ether oxygens (including phenoxy) is 1. The maximum absolute atomic E-state index is 13.2. The molecule has 37 heavy (non-hydrogen) atoms. The Kier molecular flexibility index (Phi) is 7.76. The molecule has 0 radical (unpaired) electrons. The minimum absolute atomic E-state index is 0.0329. The van der Waals surface area contributed by atoms with Gasteiger partial charge in [-0.25, -0.2) is 4.68 Å². The van der Waals surface area contributed by atoms with E-state index in [0.717, 1.165) is 66.7 Å². The lowest BCUT2D eigenvalue weighted by atomic mass is 10.0. The van der Waals surface area contributed by atoms with Crippen LogP contribution in [0.5, 0.6) is 0 Å². The Hall–Kier alpha value is -3.36. The number of pyridine rings is 1. The van der Waals surface area contributed by atoms with Gasteiger partial charge in [0.05, 0.1) is 24.2 Å². The Morgan fingerprint density at radius 2 is 2.03 bits per heavy atom. The van der Waals surface area contributed by atoms with Crippen molar-refractivity contribution in [3.63, 3.8) is 0 Å². The predicted molar refractivity (Wildman–Crippen MR) is 144 cm³/mol. The van der Waals surface area contributed by atoms with Crippen molar-refractivity contribution in [3.05, 3.63) is 87.0 Å². The largest absolute Gasteiger partial charge is 0.376 e. The second kappa shape index (κ2) is 11.4. The molecule has 1 fully saturated rings. The molecule has 0 unspecified atom stereocenters. The summed E-state index contributed by atoms with van der Waals surface area (Å²) in [6.07, 6.45) is 3.94. The third-order valence-corrected chi connectivity index (χ3v) is 7.36. The molecule has 8 nitrogen and oxygen atoms in total. The number of rotatable bonds is 10. The standard InChI is InChI=1S/C29H36N6O2/c1-4-26(28-31-32-33-35(28)19-25-11-8-14-37-25)34(13-12-22-9-6-5-7-10-22)18-24-17-23-16-20(2)15-21(3)27(23)30-29(24)36/h5-7,9-10,15-17,25-26H,4,8,11-14,18-19H2,1-3H3,(H,30,36)/t25-,26-/m0/s1. The summed E-state index contributed by atoms with van der Waals surface area (Å²) in [5.41, 5.74) is 5.14. The van der Waals surface area contributed by atoms with Crippen LogP contribution < -0.4 is 5.56 Å². The van der Waals surface area contributed by atoms with Gasteiger partial charge in [-0.1, -0.05) is 48.9 Å². The van der Waals surface area contributed by atoms with E-state index >= 15 is 0 Å². The van der Waals surface area contributed by atoms with E-state index in [2.05, 4.69) is 75.7 Å². The fourth-order valence-electron chi connectivity index (χ4n) is 5.50. The van der Waals surface area contributed by atoms with Crippen LogP contribution in [0.4, 0.5) is 0 Å². The summed E-state index contributed by atoms with van der Waals surface area (Å²) in [5.74, 6) is 0.829. The highest BCUT2D eigenvalue weighted by Gasteiger charge is 2.27. The molecule has 1 aliphatic heterocycles. The first-order chi connectivity index (χ1) is 18.0. The summed E-state index contributed by atoms with van der Waals surface area (Å²) in [6, 6.07) is 16.7. The Morgan fingerprint density at radius 1 is 1.19 bits per heavy atom. The van der Waals surface area contributed by atoms with Gasteiger partial charge < -0.3 is 9.72 Å². The average molecular weight is 501 g/mol. The van der Waals surface area contributed by atoms with E-state index in [-0.39, 0.29) is 17.7 Å². The maximum Gasteiger partial charge on any atom is 0.252 e. The number of benzene rings is 2. The molecule has 2 atom stereocenters. The molecule has 0 aliphatic carbocycles. The molecule has 0 saturated carbocycles. The van der Waals surface area contributed by atoms with Crippen molar-refractivity contribution in [3.8, 4) is 0 Å². The topological polar surface area (TPSA) is 88.9 Å². The smallest absolute Gasteiger partial charge is 0.252 e. The third-order valence-electron chi connectivity index (χ3n) is 7.36. The van der Waals surface area contributed by atoms with Gasteiger partial charge in [0.2, 0.25) is 0 Å². The summed E-state index contributed by atoms with van der Waals surface area (Å²) in [6.45, 7) is 9.02. The summed E-state index contributed by atoms with van der Waals surface area (Å²) in [7, 11) is 0. The lowest BCUT2D eigenvalue weighted by molar-refractivity contribution is 0.0893. The van der Waals surface area contributed by atoms with Gasteiger partial charge >= 0.3 is 0 Å². The van der Waals surface area contributed by atoms with Crippen molar-refractivity contribution in [2.75, 3.05) is 13.2 Å². The molecule has 4 aromatic rings. The summed E-state index contributed by atoms with van der Waals surface area (Å²) < 4.78 is 7.76. The van der Waals surface area contributed by atoms with Gasteiger partial charge in [0.25, 0.3) is 5.56 Å². The van der Waals surface area contributed by atoms with Crippen molar-refractivity contribution in [1.29, 1.82) is 0 Å². The van der Waals surface area contributed by atoms with E-state index in [1.165, 1.54) is 11.1 Å². The van der Waals surface area contributed by atoms with Crippen LogP contribution in [0.1, 0.15) is 60.3 Å². The molecule has 194 valence electrons. The Morgan fingerprint density at radius 3 is 2.78 bits per heavy atom. The number of tetrazole rings is 1. The summed E-state index contributed by atoms with van der Waals surface area (Å²) in [5, 5.41) is 13.9. The van der Waals surface area contributed by atoms with Gasteiger partial charge in [0.15, 0.2) is 5.82 Å². The summed E-state index contributed by atoms with van der Waals surface area (Å²) in [4.78, 5) is 18.7. The van der Waals surface area contributed by atoms with Crippen molar-refractivity contribution >= 4 is 10.9 Å². The maximum atomic E-state index is 13.2. The van der Waals surface area contributed by atoms with E-state index in [4.69, 9.17) is 4.74 Å². The summed E-state index contributed by atoms with van der Waals surface area (Å²) >= 11 is 0. The first-order valence-electron chi connectivity index (χ1n) is 13.3. The van der Waals surface area contributed by atoms with Crippen LogP contribution in [0.15, 0.2) is 53.3 Å². The molecule has 5 rings (SSSR count). The molecule has 1 N–H and O–H groups in total. The lowest BCUT2D eigenvalue weighted by Crippen LogP contribution is -2.34. The first-order valence-corrected chi connectivity index (χ1v) is 13.3. The van der Waals surface area contributed by atoms with Crippen LogP contribution in [-0.4, -0.2) is 49.3 Å². The zero-order chi connectivity index (χ0) is 25.8.